The van der Waals surface area contributed by atoms with Crippen LogP contribution in [0, 0.1) is 11.8 Å². The number of carbonyl (C=O) groups is 3. The van der Waals surface area contributed by atoms with Gasteiger partial charge in [0.1, 0.15) is 12.6 Å². The number of carbonyl (C=O) groups excluding carboxylic acids is 3. The summed E-state index contributed by atoms with van der Waals surface area (Å²) in [4.78, 5) is 36.0. The monoisotopic (exact) mass is 402 g/mol. The maximum atomic E-state index is 12.8. The molecule has 0 bridgehead atoms. The molecule has 0 saturated heterocycles. The van der Waals surface area contributed by atoms with Crippen LogP contribution in [0.1, 0.15) is 33.3 Å². The van der Waals surface area contributed by atoms with Crippen LogP contribution in [0.2, 0.25) is 0 Å². The first-order chi connectivity index (χ1) is 12.9. The minimum atomic E-state index is -5.07. The molecule has 0 spiro atoms. The summed E-state index contributed by atoms with van der Waals surface area (Å²) in [5, 5.41) is 4.45. The molecule has 1 aromatic carbocycles. The van der Waals surface area contributed by atoms with E-state index in [1.807, 2.05) is 0 Å². The van der Waals surface area contributed by atoms with Gasteiger partial charge in [0.2, 0.25) is 5.91 Å². The van der Waals surface area contributed by atoms with Crippen LogP contribution in [0.3, 0.4) is 0 Å². The minimum absolute atomic E-state index is 0.0275. The van der Waals surface area contributed by atoms with Gasteiger partial charge in [-0.25, -0.2) is 4.79 Å². The van der Waals surface area contributed by atoms with Gasteiger partial charge in [-0.15, -0.1) is 0 Å². The first kappa shape index (κ1) is 23.5. The Labute approximate surface area is 161 Å². The van der Waals surface area contributed by atoms with Crippen molar-refractivity contribution in [3.8, 4) is 0 Å². The number of hydrogen-bond donors (Lipinski definition) is 2. The molecule has 9 heteroatoms. The largest absolute Gasteiger partial charge is 0.452 e. The Balaban J connectivity index is 2.76. The lowest BCUT2D eigenvalue weighted by Crippen LogP contribution is -2.56. The van der Waals surface area contributed by atoms with Crippen LogP contribution in [-0.4, -0.2) is 36.0 Å². The van der Waals surface area contributed by atoms with E-state index in [4.69, 9.17) is 4.74 Å². The van der Waals surface area contributed by atoms with Gasteiger partial charge in [0, 0.05) is 0 Å². The fraction of sp³-hybridized carbons (Fsp3) is 0.526. The van der Waals surface area contributed by atoms with Crippen LogP contribution >= 0.6 is 0 Å². The van der Waals surface area contributed by atoms with Crippen molar-refractivity contribution in [1.82, 2.24) is 10.6 Å². The van der Waals surface area contributed by atoms with Crippen LogP contribution in [-0.2, 0) is 20.9 Å². The van der Waals surface area contributed by atoms with E-state index in [-0.39, 0.29) is 6.61 Å². The molecule has 0 radical (unpaired) electrons. The van der Waals surface area contributed by atoms with E-state index in [1.165, 1.54) is 13.8 Å². The Morgan fingerprint density at radius 2 is 1.46 bits per heavy atom. The van der Waals surface area contributed by atoms with E-state index in [9.17, 15) is 27.6 Å². The van der Waals surface area contributed by atoms with Crippen molar-refractivity contribution in [1.29, 1.82) is 0 Å². The van der Waals surface area contributed by atoms with Crippen LogP contribution in [0.25, 0.3) is 0 Å². The van der Waals surface area contributed by atoms with Crippen molar-refractivity contribution in [2.75, 3.05) is 0 Å². The first-order valence-corrected chi connectivity index (χ1v) is 8.82. The normalized spacial score (nSPS) is 13.8. The second-order valence-corrected chi connectivity index (χ2v) is 7.02. The third-order valence-electron chi connectivity index (χ3n) is 3.96. The van der Waals surface area contributed by atoms with Crippen molar-refractivity contribution >= 4 is 17.8 Å². The van der Waals surface area contributed by atoms with Crippen molar-refractivity contribution in [3.63, 3.8) is 0 Å². The lowest BCUT2D eigenvalue weighted by atomic mass is 9.97. The molecule has 156 valence electrons. The summed E-state index contributed by atoms with van der Waals surface area (Å²) in [5.41, 5.74) is 0.735. The van der Waals surface area contributed by atoms with Crippen LogP contribution < -0.4 is 10.6 Å². The van der Waals surface area contributed by atoms with Crippen LogP contribution in [0.5, 0.6) is 0 Å². The average molecular weight is 402 g/mol. The maximum Gasteiger partial charge on any atom is 0.452 e. The van der Waals surface area contributed by atoms with E-state index in [0.717, 1.165) is 5.56 Å². The number of amides is 2. The van der Waals surface area contributed by atoms with Crippen LogP contribution in [0.4, 0.5) is 18.0 Å². The molecule has 0 aliphatic rings. The molecule has 1 rings (SSSR count). The van der Waals surface area contributed by atoms with Crippen LogP contribution in [0.15, 0.2) is 30.3 Å². The molecular formula is C19H25F3N2O4. The topological polar surface area (TPSA) is 84.5 Å². The number of Topliss-reactive ketones (excluding diaryl/α,β-unsaturated/α-hetero) is 1. The number of alkyl halides is 3. The van der Waals surface area contributed by atoms with E-state index in [0.29, 0.717) is 0 Å². The Kier molecular flexibility index (Phi) is 8.46. The number of ether oxygens (including phenoxy) is 1. The van der Waals surface area contributed by atoms with E-state index < -0.39 is 47.9 Å². The number of ketones is 1. The Morgan fingerprint density at radius 3 is 1.93 bits per heavy atom. The molecular weight excluding hydrogens is 377 g/mol. The SMILES string of the molecule is CC(C)C(NC(=O)[C@@H](NC(=O)OCc1ccccc1)C(C)C)C(=O)C(F)(F)F. The van der Waals surface area contributed by atoms with Gasteiger partial charge >= 0.3 is 12.3 Å². The fourth-order valence-corrected chi connectivity index (χ4v) is 2.38. The van der Waals surface area contributed by atoms with Gasteiger partial charge in [-0.2, -0.15) is 13.2 Å². The van der Waals surface area contributed by atoms with Crippen molar-refractivity contribution in [2.24, 2.45) is 11.8 Å². The van der Waals surface area contributed by atoms with E-state index >= 15 is 0 Å². The highest BCUT2D eigenvalue weighted by Crippen LogP contribution is 2.21. The summed E-state index contributed by atoms with van der Waals surface area (Å²) in [5.74, 6) is -4.15. The fourth-order valence-electron chi connectivity index (χ4n) is 2.38. The van der Waals surface area contributed by atoms with E-state index in [2.05, 4.69) is 10.6 Å². The number of halogens is 3. The van der Waals surface area contributed by atoms with Gasteiger partial charge in [0.25, 0.3) is 5.78 Å². The van der Waals surface area contributed by atoms with E-state index in [1.54, 1.807) is 44.2 Å². The quantitative estimate of drug-likeness (QED) is 0.699. The minimum Gasteiger partial charge on any atom is -0.445 e. The van der Waals surface area contributed by atoms with Crippen molar-refractivity contribution in [2.45, 2.75) is 52.6 Å². The van der Waals surface area contributed by atoms with Gasteiger partial charge in [0.15, 0.2) is 0 Å². The predicted molar refractivity (Wildman–Crippen MR) is 96.2 cm³/mol. The summed E-state index contributed by atoms with van der Waals surface area (Å²) in [6, 6.07) is 5.93. The Bertz CT molecular complexity index is 676. The average Bonchev–Trinajstić information content (AvgIpc) is 2.61. The number of nitrogens with one attached hydrogen (secondary N) is 2. The lowest BCUT2D eigenvalue weighted by Gasteiger charge is -2.27. The molecule has 0 heterocycles. The maximum absolute atomic E-state index is 12.8. The van der Waals surface area contributed by atoms with Gasteiger partial charge in [0.05, 0.1) is 6.04 Å². The van der Waals surface area contributed by atoms with Gasteiger partial charge < -0.3 is 15.4 Å². The second kappa shape index (κ2) is 10.1. The van der Waals surface area contributed by atoms with Gasteiger partial charge in [-0.3, -0.25) is 9.59 Å². The molecule has 1 aromatic rings. The Morgan fingerprint density at radius 1 is 0.929 bits per heavy atom. The zero-order chi connectivity index (χ0) is 21.5. The highest BCUT2D eigenvalue weighted by atomic mass is 19.4. The third kappa shape index (κ3) is 7.21. The standard InChI is InChI=1S/C19H25F3N2O4/c1-11(2)14(16(25)19(20,21)22)23-17(26)15(12(3)4)24-18(27)28-10-13-8-6-5-7-9-13/h5-9,11-12,14-15H,10H2,1-4H3,(H,23,26)(H,24,27)/t14?,15-/m0/s1. The summed E-state index contributed by atoms with van der Waals surface area (Å²) in [6.07, 6.45) is -5.96. The number of benzene rings is 1. The highest BCUT2D eigenvalue weighted by molar-refractivity contribution is 5.94. The number of hydrogen-bond acceptors (Lipinski definition) is 4. The number of rotatable bonds is 8. The molecule has 6 nitrogen and oxygen atoms in total. The molecule has 0 fully saturated rings. The summed E-state index contributed by atoms with van der Waals surface area (Å²) < 4.78 is 43.3. The molecule has 1 unspecified atom stereocenters. The second-order valence-electron chi connectivity index (χ2n) is 7.02. The summed E-state index contributed by atoms with van der Waals surface area (Å²) in [6.45, 7) is 5.97. The van der Waals surface area contributed by atoms with Crippen molar-refractivity contribution < 1.29 is 32.3 Å². The molecule has 28 heavy (non-hydrogen) atoms. The smallest absolute Gasteiger partial charge is 0.445 e. The molecule has 0 aliphatic carbocycles. The summed E-state index contributed by atoms with van der Waals surface area (Å²) in [7, 11) is 0. The molecule has 0 aromatic heterocycles. The summed E-state index contributed by atoms with van der Waals surface area (Å²) >= 11 is 0. The van der Waals surface area contributed by atoms with Gasteiger partial charge in [-0.1, -0.05) is 58.0 Å². The van der Waals surface area contributed by atoms with Gasteiger partial charge in [-0.05, 0) is 17.4 Å². The number of alkyl carbamates (subject to hydrolysis) is 1. The molecule has 2 atom stereocenters. The predicted octanol–water partition coefficient (Wildman–Crippen LogP) is 3.21. The third-order valence-corrected chi connectivity index (χ3v) is 3.96. The molecule has 0 aliphatic heterocycles. The zero-order valence-corrected chi connectivity index (χ0v) is 16.2. The van der Waals surface area contributed by atoms with Crippen molar-refractivity contribution in [3.05, 3.63) is 35.9 Å². The molecule has 0 saturated carbocycles. The highest BCUT2D eigenvalue weighted by Gasteiger charge is 2.45. The molecule has 2 N–H and O–H groups in total. The first-order valence-electron chi connectivity index (χ1n) is 8.82. The molecule has 2 amide bonds. The zero-order valence-electron chi connectivity index (χ0n) is 16.2. The Hall–Kier alpha value is -2.58. The lowest BCUT2D eigenvalue weighted by molar-refractivity contribution is -0.175.